The highest BCUT2D eigenvalue weighted by molar-refractivity contribution is 5.79. The SMILES string of the molecule is O=C(COc1ccccc1)N1CCN(CC(=O)N2CCN(C3CCC3)CC2)CC1. The Bertz CT molecular complexity index is 679. The molecule has 0 bridgehead atoms. The Morgan fingerprint density at radius 1 is 0.828 bits per heavy atom. The molecule has 2 saturated heterocycles. The first-order valence-electron chi connectivity index (χ1n) is 10.9. The molecule has 0 spiro atoms. The molecule has 7 heteroatoms. The molecule has 0 aromatic heterocycles. The monoisotopic (exact) mass is 400 g/mol. The van der Waals surface area contributed by atoms with Gasteiger partial charge in [-0.2, -0.15) is 0 Å². The van der Waals surface area contributed by atoms with Gasteiger partial charge in [0.15, 0.2) is 6.61 Å². The van der Waals surface area contributed by atoms with Crippen LogP contribution in [0.5, 0.6) is 5.75 Å². The maximum absolute atomic E-state index is 12.7. The molecule has 0 radical (unpaired) electrons. The third-order valence-corrected chi connectivity index (χ3v) is 6.45. The summed E-state index contributed by atoms with van der Waals surface area (Å²) in [6.07, 6.45) is 4.01. The largest absolute Gasteiger partial charge is 0.484 e. The number of hydrogen-bond donors (Lipinski definition) is 0. The number of carbonyl (C=O) groups is 2. The lowest BCUT2D eigenvalue weighted by molar-refractivity contribution is -0.137. The van der Waals surface area contributed by atoms with Gasteiger partial charge in [0.05, 0.1) is 6.54 Å². The first-order chi connectivity index (χ1) is 14.2. The van der Waals surface area contributed by atoms with Crippen LogP contribution in [0.2, 0.25) is 0 Å². The summed E-state index contributed by atoms with van der Waals surface area (Å²) in [4.78, 5) is 33.6. The van der Waals surface area contributed by atoms with E-state index in [1.807, 2.05) is 40.1 Å². The quantitative estimate of drug-likeness (QED) is 0.710. The first-order valence-corrected chi connectivity index (χ1v) is 10.9. The van der Waals surface area contributed by atoms with Crippen LogP contribution in [0.4, 0.5) is 0 Å². The van der Waals surface area contributed by atoms with Crippen LogP contribution < -0.4 is 4.74 Å². The van der Waals surface area contributed by atoms with Gasteiger partial charge in [-0.15, -0.1) is 0 Å². The molecule has 1 aliphatic carbocycles. The highest BCUT2D eigenvalue weighted by atomic mass is 16.5. The van der Waals surface area contributed by atoms with Crippen molar-refractivity contribution in [2.24, 2.45) is 0 Å². The number of benzene rings is 1. The van der Waals surface area contributed by atoms with Crippen LogP contribution in [-0.4, -0.2) is 103 Å². The number of carbonyl (C=O) groups excluding carboxylic acids is 2. The topological polar surface area (TPSA) is 56.3 Å². The molecule has 29 heavy (non-hydrogen) atoms. The van der Waals surface area contributed by atoms with Gasteiger partial charge >= 0.3 is 0 Å². The van der Waals surface area contributed by atoms with Crippen molar-refractivity contribution in [3.63, 3.8) is 0 Å². The van der Waals surface area contributed by atoms with E-state index in [0.29, 0.717) is 25.4 Å². The smallest absolute Gasteiger partial charge is 0.260 e. The summed E-state index contributed by atoms with van der Waals surface area (Å²) in [5, 5.41) is 0. The third-order valence-electron chi connectivity index (χ3n) is 6.45. The molecular weight excluding hydrogens is 368 g/mol. The number of rotatable bonds is 6. The van der Waals surface area contributed by atoms with Crippen molar-refractivity contribution in [3.05, 3.63) is 30.3 Å². The molecule has 0 N–H and O–H groups in total. The Morgan fingerprint density at radius 3 is 2.07 bits per heavy atom. The van der Waals surface area contributed by atoms with Crippen molar-refractivity contribution in [2.75, 3.05) is 65.5 Å². The van der Waals surface area contributed by atoms with Crippen LogP contribution >= 0.6 is 0 Å². The fourth-order valence-corrected chi connectivity index (χ4v) is 4.29. The lowest BCUT2D eigenvalue weighted by Crippen LogP contribution is -2.56. The molecule has 3 aliphatic rings. The molecule has 2 amide bonds. The molecule has 0 atom stereocenters. The van der Waals surface area contributed by atoms with Crippen LogP contribution in [0, 0.1) is 0 Å². The van der Waals surface area contributed by atoms with E-state index in [0.717, 1.165) is 45.3 Å². The predicted molar refractivity (Wildman–Crippen MR) is 111 cm³/mol. The summed E-state index contributed by atoms with van der Waals surface area (Å²) in [6, 6.07) is 10.2. The summed E-state index contributed by atoms with van der Waals surface area (Å²) in [5.74, 6) is 0.944. The zero-order valence-electron chi connectivity index (χ0n) is 17.2. The summed E-state index contributed by atoms with van der Waals surface area (Å²) >= 11 is 0. The number of para-hydroxylation sites is 1. The van der Waals surface area contributed by atoms with Gasteiger partial charge in [-0.25, -0.2) is 0 Å². The zero-order valence-corrected chi connectivity index (χ0v) is 17.2. The van der Waals surface area contributed by atoms with E-state index < -0.39 is 0 Å². The van der Waals surface area contributed by atoms with Crippen LogP contribution in [0.1, 0.15) is 19.3 Å². The second-order valence-electron chi connectivity index (χ2n) is 8.26. The van der Waals surface area contributed by atoms with Gasteiger partial charge < -0.3 is 14.5 Å². The standard InChI is InChI=1S/C22H32N4O3/c27-21(25-15-13-24(14-16-25)19-5-4-6-19)17-23-9-11-26(12-10-23)22(28)18-29-20-7-2-1-3-8-20/h1-3,7-8,19H,4-6,9-18H2. The molecule has 3 fully saturated rings. The highest BCUT2D eigenvalue weighted by Gasteiger charge is 2.30. The molecular formula is C22H32N4O3. The van der Waals surface area contributed by atoms with Gasteiger partial charge in [0.2, 0.25) is 5.91 Å². The van der Waals surface area contributed by atoms with E-state index in [1.54, 1.807) is 0 Å². The maximum Gasteiger partial charge on any atom is 0.260 e. The summed E-state index contributed by atoms with van der Waals surface area (Å²) in [7, 11) is 0. The van der Waals surface area contributed by atoms with Crippen molar-refractivity contribution < 1.29 is 14.3 Å². The van der Waals surface area contributed by atoms with E-state index in [-0.39, 0.29) is 18.4 Å². The minimum absolute atomic E-state index is 0.00643. The minimum Gasteiger partial charge on any atom is -0.484 e. The number of piperazine rings is 2. The Balaban J connectivity index is 1.14. The van der Waals surface area contributed by atoms with Crippen molar-refractivity contribution in [3.8, 4) is 5.75 Å². The second-order valence-corrected chi connectivity index (χ2v) is 8.26. The van der Waals surface area contributed by atoms with Crippen LogP contribution in [0.25, 0.3) is 0 Å². The molecule has 1 saturated carbocycles. The van der Waals surface area contributed by atoms with Crippen LogP contribution in [-0.2, 0) is 9.59 Å². The average molecular weight is 401 g/mol. The molecule has 1 aromatic rings. The van der Waals surface area contributed by atoms with Gasteiger partial charge in [0, 0.05) is 58.4 Å². The van der Waals surface area contributed by atoms with Gasteiger partial charge in [0.1, 0.15) is 5.75 Å². The zero-order chi connectivity index (χ0) is 20.1. The van der Waals surface area contributed by atoms with Gasteiger partial charge in [-0.1, -0.05) is 24.6 Å². The van der Waals surface area contributed by atoms with Crippen molar-refractivity contribution >= 4 is 11.8 Å². The molecule has 158 valence electrons. The lowest BCUT2D eigenvalue weighted by Gasteiger charge is -2.43. The maximum atomic E-state index is 12.7. The third kappa shape index (κ3) is 5.28. The number of nitrogens with zero attached hydrogens (tertiary/aromatic N) is 4. The first kappa shape index (κ1) is 20.2. The Labute approximate surface area is 173 Å². The molecule has 2 heterocycles. The normalized spacial score (nSPS) is 21.7. The Morgan fingerprint density at radius 2 is 1.45 bits per heavy atom. The Kier molecular flexibility index (Phi) is 6.67. The fourth-order valence-electron chi connectivity index (χ4n) is 4.29. The summed E-state index contributed by atoms with van der Waals surface area (Å²) < 4.78 is 5.56. The number of hydrogen-bond acceptors (Lipinski definition) is 5. The minimum atomic E-state index is 0.00643. The van der Waals surface area contributed by atoms with Crippen molar-refractivity contribution in [1.82, 2.24) is 19.6 Å². The molecule has 7 nitrogen and oxygen atoms in total. The van der Waals surface area contributed by atoms with E-state index in [1.165, 1.54) is 19.3 Å². The molecule has 0 unspecified atom stereocenters. The second kappa shape index (κ2) is 9.59. The molecule has 4 rings (SSSR count). The van der Waals surface area contributed by atoms with Gasteiger partial charge in [-0.3, -0.25) is 19.4 Å². The lowest BCUT2D eigenvalue weighted by atomic mass is 9.91. The van der Waals surface area contributed by atoms with Crippen molar-refractivity contribution in [1.29, 1.82) is 0 Å². The Hall–Kier alpha value is -2.12. The van der Waals surface area contributed by atoms with Crippen LogP contribution in [0.15, 0.2) is 30.3 Å². The highest BCUT2D eigenvalue weighted by Crippen LogP contribution is 2.25. The average Bonchev–Trinajstić information content (AvgIpc) is 2.72. The summed E-state index contributed by atoms with van der Waals surface area (Å²) in [6.45, 7) is 7.05. The van der Waals surface area contributed by atoms with E-state index >= 15 is 0 Å². The van der Waals surface area contributed by atoms with E-state index in [2.05, 4.69) is 9.80 Å². The van der Waals surface area contributed by atoms with Crippen molar-refractivity contribution in [2.45, 2.75) is 25.3 Å². The molecule has 1 aromatic carbocycles. The number of amides is 2. The molecule has 2 aliphatic heterocycles. The number of ether oxygens (including phenoxy) is 1. The van der Waals surface area contributed by atoms with Gasteiger partial charge in [0.25, 0.3) is 5.91 Å². The van der Waals surface area contributed by atoms with Gasteiger partial charge in [-0.05, 0) is 25.0 Å². The van der Waals surface area contributed by atoms with E-state index in [4.69, 9.17) is 4.74 Å². The summed E-state index contributed by atoms with van der Waals surface area (Å²) in [5.41, 5.74) is 0. The van der Waals surface area contributed by atoms with Crippen LogP contribution in [0.3, 0.4) is 0 Å². The fraction of sp³-hybridized carbons (Fsp3) is 0.636. The predicted octanol–water partition coefficient (Wildman–Crippen LogP) is 0.906. The van der Waals surface area contributed by atoms with E-state index in [9.17, 15) is 9.59 Å².